The summed E-state index contributed by atoms with van der Waals surface area (Å²) in [5.74, 6) is 0.240. The summed E-state index contributed by atoms with van der Waals surface area (Å²) in [6.07, 6.45) is 11.4. The average molecular weight is 295 g/mol. The highest BCUT2D eigenvalue weighted by molar-refractivity contribution is 5.02. The Labute approximate surface area is 128 Å². The normalized spacial score (nSPS) is 29.5. The molecule has 0 aromatic heterocycles. The number of rotatable bonds is 9. The number of allylic oxidation sites excluding steroid dienone is 1. The lowest BCUT2D eigenvalue weighted by atomic mass is 9.91. The highest BCUT2D eigenvalue weighted by Gasteiger charge is 2.36. The highest BCUT2D eigenvalue weighted by Crippen LogP contribution is 2.26. The zero-order chi connectivity index (χ0) is 15.5. The molecule has 0 amide bonds. The summed E-state index contributed by atoms with van der Waals surface area (Å²) < 4.78 is 11.3. The fourth-order valence-corrected chi connectivity index (χ4v) is 2.81. The van der Waals surface area contributed by atoms with Crippen LogP contribution in [0.3, 0.4) is 0 Å². The molecular formula is C16H29N3O2. The van der Waals surface area contributed by atoms with E-state index in [1.165, 1.54) is 32.1 Å². The van der Waals surface area contributed by atoms with Gasteiger partial charge in [-0.2, -0.15) is 0 Å². The van der Waals surface area contributed by atoms with Gasteiger partial charge in [-0.15, -0.1) is 0 Å². The largest absolute Gasteiger partial charge is 0.381 e. The molecule has 5 nitrogen and oxygen atoms in total. The van der Waals surface area contributed by atoms with Crippen molar-refractivity contribution in [3.63, 3.8) is 0 Å². The Hall–Kier alpha value is -1.03. The number of hydrogen-bond donors (Lipinski definition) is 0. The lowest BCUT2D eigenvalue weighted by Gasteiger charge is -2.37. The maximum atomic E-state index is 8.75. The van der Waals surface area contributed by atoms with E-state index in [2.05, 4.69) is 29.9 Å². The van der Waals surface area contributed by atoms with E-state index in [4.69, 9.17) is 15.0 Å². The zero-order valence-electron chi connectivity index (χ0n) is 13.6. The first-order chi connectivity index (χ1) is 10.2. The highest BCUT2D eigenvalue weighted by atomic mass is 16.5. The van der Waals surface area contributed by atoms with Gasteiger partial charge in [-0.25, -0.2) is 0 Å². The predicted octanol–water partition coefficient (Wildman–Crippen LogP) is 4.63. The van der Waals surface area contributed by atoms with Gasteiger partial charge in [0.25, 0.3) is 0 Å². The van der Waals surface area contributed by atoms with E-state index in [-0.39, 0.29) is 24.2 Å². The summed E-state index contributed by atoms with van der Waals surface area (Å²) in [4.78, 5) is 2.95. The Balaban J connectivity index is 2.45. The van der Waals surface area contributed by atoms with E-state index < -0.39 is 0 Å². The smallest absolute Gasteiger partial charge is 0.0937 e. The third-order valence-corrected chi connectivity index (χ3v) is 4.04. The van der Waals surface area contributed by atoms with Crippen molar-refractivity contribution in [2.24, 2.45) is 11.0 Å². The SMILES string of the molecule is CCCCCCCC=C[C@@H]1OC[C@H](C)[C@H](OC)[C@H]1N=[N+]=[N-]. The molecule has 0 N–H and O–H groups in total. The minimum Gasteiger partial charge on any atom is -0.381 e. The predicted molar refractivity (Wildman–Crippen MR) is 85.2 cm³/mol. The molecule has 0 unspecified atom stereocenters. The maximum Gasteiger partial charge on any atom is 0.0937 e. The van der Waals surface area contributed by atoms with Crippen LogP contribution < -0.4 is 0 Å². The molecule has 120 valence electrons. The van der Waals surface area contributed by atoms with Crippen LogP contribution in [0.15, 0.2) is 17.3 Å². The summed E-state index contributed by atoms with van der Waals surface area (Å²) in [7, 11) is 1.67. The summed E-state index contributed by atoms with van der Waals surface area (Å²) in [5, 5.41) is 3.89. The van der Waals surface area contributed by atoms with Crippen LogP contribution in [0.25, 0.3) is 10.4 Å². The topological polar surface area (TPSA) is 67.2 Å². The quantitative estimate of drug-likeness (QED) is 0.204. The third-order valence-electron chi connectivity index (χ3n) is 4.04. The van der Waals surface area contributed by atoms with E-state index in [1.807, 2.05) is 6.08 Å². The second-order valence-corrected chi connectivity index (χ2v) is 5.80. The standard InChI is InChI=1S/C16H29N3O2/c1-4-5-6-7-8-9-10-11-14-15(18-19-17)16(20-3)13(2)12-21-14/h10-11,13-16H,4-9,12H2,1-3H3/t13-,14-,15-,16-/m0/s1. The fourth-order valence-electron chi connectivity index (χ4n) is 2.81. The van der Waals surface area contributed by atoms with Crippen molar-refractivity contribution in [2.45, 2.75) is 70.6 Å². The Kier molecular flexibility index (Phi) is 9.15. The number of azide groups is 1. The molecule has 0 bridgehead atoms. The van der Waals surface area contributed by atoms with Crippen LogP contribution in [0.5, 0.6) is 0 Å². The van der Waals surface area contributed by atoms with Crippen LogP contribution in [0.1, 0.15) is 52.4 Å². The fraction of sp³-hybridized carbons (Fsp3) is 0.875. The molecule has 0 aliphatic carbocycles. The molecule has 1 aliphatic heterocycles. The van der Waals surface area contributed by atoms with E-state index >= 15 is 0 Å². The van der Waals surface area contributed by atoms with E-state index in [0.717, 1.165) is 6.42 Å². The van der Waals surface area contributed by atoms with Crippen molar-refractivity contribution in [3.05, 3.63) is 22.6 Å². The molecule has 1 rings (SSSR count). The van der Waals surface area contributed by atoms with Crippen molar-refractivity contribution in [2.75, 3.05) is 13.7 Å². The minimum absolute atomic E-state index is 0.0751. The molecule has 1 heterocycles. The summed E-state index contributed by atoms with van der Waals surface area (Å²) in [6, 6.07) is -0.278. The molecule has 1 saturated heterocycles. The molecule has 5 heteroatoms. The lowest BCUT2D eigenvalue weighted by molar-refractivity contribution is -0.0897. The first kappa shape index (κ1) is 18.0. The third kappa shape index (κ3) is 6.08. The van der Waals surface area contributed by atoms with Gasteiger partial charge in [-0.05, 0) is 18.4 Å². The van der Waals surface area contributed by atoms with Crippen molar-refractivity contribution in [1.82, 2.24) is 0 Å². The zero-order valence-corrected chi connectivity index (χ0v) is 13.6. The Morgan fingerprint density at radius 3 is 2.76 bits per heavy atom. The van der Waals surface area contributed by atoms with Gasteiger partial charge in [0.15, 0.2) is 0 Å². The second-order valence-electron chi connectivity index (χ2n) is 5.80. The van der Waals surface area contributed by atoms with Gasteiger partial charge in [-0.1, -0.05) is 56.8 Å². The summed E-state index contributed by atoms with van der Waals surface area (Å²) in [6.45, 7) is 4.92. The summed E-state index contributed by atoms with van der Waals surface area (Å²) >= 11 is 0. The van der Waals surface area contributed by atoms with Crippen LogP contribution in [0.4, 0.5) is 0 Å². The van der Waals surface area contributed by atoms with Crippen molar-refractivity contribution >= 4 is 0 Å². The van der Waals surface area contributed by atoms with Crippen LogP contribution >= 0.6 is 0 Å². The number of nitrogens with zero attached hydrogens (tertiary/aromatic N) is 3. The average Bonchev–Trinajstić information content (AvgIpc) is 2.49. The van der Waals surface area contributed by atoms with Crippen LogP contribution in [0.2, 0.25) is 0 Å². The first-order valence-corrected chi connectivity index (χ1v) is 8.09. The molecule has 0 aromatic carbocycles. The molecule has 1 fully saturated rings. The van der Waals surface area contributed by atoms with Gasteiger partial charge < -0.3 is 9.47 Å². The van der Waals surface area contributed by atoms with Gasteiger partial charge in [0.05, 0.1) is 24.9 Å². The number of ether oxygens (including phenoxy) is 2. The molecule has 21 heavy (non-hydrogen) atoms. The van der Waals surface area contributed by atoms with Crippen molar-refractivity contribution in [3.8, 4) is 0 Å². The van der Waals surface area contributed by atoms with E-state index in [0.29, 0.717) is 6.61 Å². The van der Waals surface area contributed by atoms with Gasteiger partial charge in [0.2, 0.25) is 0 Å². The monoisotopic (exact) mass is 295 g/mol. The van der Waals surface area contributed by atoms with E-state index in [1.54, 1.807) is 7.11 Å². The first-order valence-electron chi connectivity index (χ1n) is 8.09. The Morgan fingerprint density at radius 2 is 2.10 bits per heavy atom. The number of methoxy groups -OCH3 is 1. The lowest BCUT2D eigenvalue weighted by Crippen LogP contribution is -2.48. The summed E-state index contributed by atoms with van der Waals surface area (Å²) in [5.41, 5.74) is 8.75. The van der Waals surface area contributed by atoms with Crippen molar-refractivity contribution < 1.29 is 9.47 Å². The maximum absolute atomic E-state index is 8.75. The van der Waals surface area contributed by atoms with Crippen LogP contribution in [-0.4, -0.2) is 32.0 Å². The molecule has 0 spiro atoms. The second kappa shape index (κ2) is 10.7. The van der Waals surface area contributed by atoms with E-state index in [9.17, 15) is 0 Å². The molecule has 0 aromatic rings. The molecular weight excluding hydrogens is 266 g/mol. The number of unbranched alkanes of at least 4 members (excludes halogenated alkanes) is 5. The number of hydrogen-bond acceptors (Lipinski definition) is 3. The molecule has 4 atom stereocenters. The Bertz CT molecular complexity index is 353. The minimum atomic E-state index is -0.278. The van der Waals surface area contributed by atoms with Gasteiger partial charge in [0.1, 0.15) is 0 Å². The van der Waals surface area contributed by atoms with Gasteiger partial charge in [-0.3, -0.25) is 0 Å². The molecule has 1 aliphatic rings. The van der Waals surface area contributed by atoms with Crippen LogP contribution in [0, 0.1) is 5.92 Å². The molecule has 0 saturated carbocycles. The van der Waals surface area contributed by atoms with Gasteiger partial charge in [0, 0.05) is 17.9 Å². The van der Waals surface area contributed by atoms with Gasteiger partial charge >= 0.3 is 0 Å². The Morgan fingerprint density at radius 1 is 1.33 bits per heavy atom. The van der Waals surface area contributed by atoms with Crippen molar-refractivity contribution in [1.29, 1.82) is 0 Å². The molecule has 0 radical (unpaired) electrons. The van der Waals surface area contributed by atoms with Crippen LogP contribution in [-0.2, 0) is 9.47 Å².